The van der Waals surface area contributed by atoms with E-state index in [0.29, 0.717) is 0 Å². The molecule has 1 aromatic rings. The van der Waals surface area contributed by atoms with Crippen molar-refractivity contribution in [3.63, 3.8) is 0 Å². The molecule has 15 heavy (non-hydrogen) atoms. The molecule has 0 radical (unpaired) electrons. The average molecular weight is 226 g/mol. The number of aliphatic hydroxyl groups excluding tert-OH is 1. The van der Waals surface area contributed by atoms with Gasteiger partial charge in [-0.2, -0.15) is 11.8 Å². The number of thioether (sulfide) groups is 1. The summed E-state index contributed by atoms with van der Waals surface area (Å²) in [5, 5.41) is 10.1. The minimum absolute atomic E-state index is 0.255. The van der Waals surface area contributed by atoms with Crippen LogP contribution in [0.2, 0.25) is 0 Å². The van der Waals surface area contributed by atoms with Gasteiger partial charge in [-0.3, -0.25) is 0 Å². The summed E-state index contributed by atoms with van der Waals surface area (Å²) in [5.41, 5.74) is 1.59. The Morgan fingerprint density at radius 2 is 2.27 bits per heavy atom. The van der Waals surface area contributed by atoms with Crippen LogP contribution in [0.25, 0.3) is 0 Å². The van der Waals surface area contributed by atoms with E-state index < -0.39 is 6.10 Å². The Morgan fingerprint density at radius 3 is 2.87 bits per heavy atom. The van der Waals surface area contributed by atoms with Crippen molar-refractivity contribution in [1.29, 1.82) is 0 Å². The summed E-state index contributed by atoms with van der Waals surface area (Å²) in [6, 6.07) is 4.80. The van der Waals surface area contributed by atoms with Gasteiger partial charge in [-0.15, -0.1) is 0 Å². The first-order valence-corrected chi connectivity index (χ1v) is 6.35. The van der Waals surface area contributed by atoms with Gasteiger partial charge in [0.2, 0.25) is 0 Å². The first-order valence-electron chi connectivity index (χ1n) is 5.20. The molecule has 1 fully saturated rings. The van der Waals surface area contributed by atoms with Crippen LogP contribution in [0.5, 0.6) is 0 Å². The number of aliphatic hydroxyl groups is 1. The molecule has 1 saturated heterocycles. The number of halogens is 1. The monoisotopic (exact) mass is 226 g/mol. The maximum Gasteiger partial charge on any atom is 0.123 e. The first-order chi connectivity index (χ1) is 7.16. The van der Waals surface area contributed by atoms with E-state index in [2.05, 4.69) is 0 Å². The Morgan fingerprint density at radius 1 is 1.47 bits per heavy atom. The second-order valence-electron chi connectivity index (χ2n) is 4.13. The Bertz CT molecular complexity index is 327. The summed E-state index contributed by atoms with van der Waals surface area (Å²) in [6.07, 6.45) is 0.524. The lowest BCUT2D eigenvalue weighted by Gasteiger charge is -2.17. The molecule has 2 atom stereocenters. The molecule has 0 amide bonds. The molecule has 2 unspecified atom stereocenters. The number of benzene rings is 1. The first kappa shape index (κ1) is 11.0. The highest BCUT2D eigenvalue weighted by molar-refractivity contribution is 7.99. The van der Waals surface area contributed by atoms with Crippen molar-refractivity contribution in [2.75, 3.05) is 11.5 Å². The maximum atomic E-state index is 13.2. The van der Waals surface area contributed by atoms with Crippen LogP contribution in [0.15, 0.2) is 18.2 Å². The second kappa shape index (κ2) is 4.54. The molecule has 0 aromatic heterocycles. The van der Waals surface area contributed by atoms with E-state index in [1.807, 2.05) is 24.8 Å². The van der Waals surface area contributed by atoms with Gasteiger partial charge in [0.25, 0.3) is 0 Å². The highest BCUT2D eigenvalue weighted by Gasteiger charge is 2.25. The van der Waals surface area contributed by atoms with Crippen LogP contribution >= 0.6 is 11.8 Å². The second-order valence-corrected chi connectivity index (χ2v) is 5.28. The number of rotatable bonds is 2. The molecule has 0 bridgehead atoms. The molecule has 0 aliphatic carbocycles. The molecule has 1 N–H and O–H groups in total. The highest BCUT2D eigenvalue weighted by atomic mass is 32.2. The van der Waals surface area contributed by atoms with Gasteiger partial charge in [0.1, 0.15) is 5.82 Å². The van der Waals surface area contributed by atoms with Crippen molar-refractivity contribution in [3.8, 4) is 0 Å². The van der Waals surface area contributed by atoms with Gasteiger partial charge in [-0.05, 0) is 54.0 Å². The Balaban J connectivity index is 2.20. The third kappa shape index (κ3) is 2.52. The zero-order valence-corrected chi connectivity index (χ0v) is 9.56. The van der Waals surface area contributed by atoms with Gasteiger partial charge >= 0.3 is 0 Å². The highest BCUT2D eigenvalue weighted by Crippen LogP contribution is 2.34. The number of hydrogen-bond acceptors (Lipinski definition) is 2. The Labute approximate surface area is 93.7 Å². The lowest BCUT2D eigenvalue weighted by Crippen LogP contribution is -2.12. The lowest BCUT2D eigenvalue weighted by molar-refractivity contribution is 0.121. The smallest absolute Gasteiger partial charge is 0.123 e. The molecule has 1 nitrogen and oxygen atoms in total. The summed E-state index contributed by atoms with van der Waals surface area (Å²) in [7, 11) is 0. The average Bonchev–Trinajstić information content (AvgIpc) is 2.67. The molecule has 0 saturated carbocycles. The standard InChI is InChI=1S/C12H15FOS/c1-8-4-10(6-11(13)5-8)12(14)9-2-3-15-7-9/h4-6,9,12,14H,2-3,7H2,1H3. The van der Waals surface area contributed by atoms with Gasteiger partial charge in [-0.25, -0.2) is 4.39 Å². The molecular weight excluding hydrogens is 211 g/mol. The quantitative estimate of drug-likeness (QED) is 0.836. The van der Waals surface area contributed by atoms with Crippen molar-refractivity contribution in [1.82, 2.24) is 0 Å². The third-order valence-corrected chi connectivity index (χ3v) is 4.01. The fourth-order valence-electron chi connectivity index (χ4n) is 2.01. The van der Waals surface area contributed by atoms with Crippen molar-refractivity contribution < 1.29 is 9.50 Å². The van der Waals surface area contributed by atoms with Gasteiger partial charge in [0, 0.05) is 0 Å². The van der Waals surface area contributed by atoms with E-state index >= 15 is 0 Å². The Kier molecular flexibility index (Phi) is 3.32. The van der Waals surface area contributed by atoms with Crippen LogP contribution in [-0.4, -0.2) is 16.6 Å². The molecule has 2 rings (SSSR count). The third-order valence-electron chi connectivity index (χ3n) is 2.82. The predicted molar refractivity (Wildman–Crippen MR) is 61.5 cm³/mol. The van der Waals surface area contributed by atoms with E-state index in [-0.39, 0.29) is 11.7 Å². The summed E-state index contributed by atoms with van der Waals surface area (Å²) in [5.74, 6) is 2.12. The molecule has 82 valence electrons. The van der Waals surface area contributed by atoms with E-state index in [9.17, 15) is 9.50 Å². The van der Waals surface area contributed by atoms with E-state index in [4.69, 9.17) is 0 Å². The van der Waals surface area contributed by atoms with Crippen LogP contribution in [0.1, 0.15) is 23.7 Å². The Hall–Kier alpha value is -0.540. The molecule has 3 heteroatoms. The molecule has 1 aromatic carbocycles. The zero-order chi connectivity index (χ0) is 10.8. The minimum Gasteiger partial charge on any atom is -0.388 e. The summed E-state index contributed by atoms with van der Waals surface area (Å²) < 4.78 is 13.2. The molecule has 1 aliphatic heterocycles. The summed E-state index contributed by atoms with van der Waals surface area (Å²) in [6.45, 7) is 1.85. The van der Waals surface area contributed by atoms with Crippen LogP contribution < -0.4 is 0 Å². The van der Waals surface area contributed by atoms with Crippen LogP contribution in [0, 0.1) is 18.7 Å². The van der Waals surface area contributed by atoms with Gasteiger partial charge in [0.15, 0.2) is 0 Å². The minimum atomic E-state index is -0.505. The fraction of sp³-hybridized carbons (Fsp3) is 0.500. The molecule has 1 aliphatic rings. The van der Waals surface area contributed by atoms with E-state index in [1.54, 1.807) is 0 Å². The predicted octanol–water partition coefficient (Wildman–Crippen LogP) is 2.92. The normalized spacial score (nSPS) is 23.0. The van der Waals surface area contributed by atoms with Gasteiger partial charge < -0.3 is 5.11 Å². The molecule has 1 heterocycles. The largest absolute Gasteiger partial charge is 0.388 e. The maximum absolute atomic E-state index is 13.2. The fourth-order valence-corrected chi connectivity index (χ4v) is 3.30. The molecular formula is C12H15FOS. The van der Waals surface area contributed by atoms with Crippen LogP contribution in [0.3, 0.4) is 0 Å². The van der Waals surface area contributed by atoms with Crippen molar-refractivity contribution >= 4 is 11.8 Å². The summed E-state index contributed by atoms with van der Waals surface area (Å²) in [4.78, 5) is 0. The summed E-state index contributed by atoms with van der Waals surface area (Å²) >= 11 is 1.86. The van der Waals surface area contributed by atoms with Gasteiger partial charge in [0.05, 0.1) is 6.10 Å². The number of aryl methyl sites for hydroxylation is 1. The molecule has 0 spiro atoms. The van der Waals surface area contributed by atoms with Crippen molar-refractivity contribution in [2.24, 2.45) is 5.92 Å². The van der Waals surface area contributed by atoms with Gasteiger partial charge in [-0.1, -0.05) is 6.07 Å². The van der Waals surface area contributed by atoms with Crippen LogP contribution in [0.4, 0.5) is 4.39 Å². The SMILES string of the molecule is Cc1cc(F)cc(C(O)C2CCSC2)c1. The van der Waals surface area contributed by atoms with Crippen LogP contribution in [-0.2, 0) is 0 Å². The number of hydrogen-bond donors (Lipinski definition) is 1. The van der Waals surface area contributed by atoms with E-state index in [0.717, 1.165) is 29.1 Å². The van der Waals surface area contributed by atoms with Crippen molar-refractivity contribution in [3.05, 3.63) is 35.1 Å². The zero-order valence-electron chi connectivity index (χ0n) is 8.74. The lowest BCUT2D eigenvalue weighted by atomic mass is 9.94. The topological polar surface area (TPSA) is 20.2 Å². The van der Waals surface area contributed by atoms with E-state index in [1.165, 1.54) is 12.1 Å². The van der Waals surface area contributed by atoms with Crippen molar-refractivity contribution in [2.45, 2.75) is 19.4 Å².